The van der Waals surface area contributed by atoms with Crippen LogP contribution in [0.4, 0.5) is 4.39 Å². The first kappa shape index (κ1) is 14.1. The number of carboxylic acid groups (broad SMARTS) is 1. The van der Waals surface area contributed by atoms with E-state index in [9.17, 15) is 17.6 Å². The van der Waals surface area contributed by atoms with Gasteiger partial charge in [0.25, 0.3) is 0 Å². The molecule has 0 aliphatic carbocycles. The molecule has 0 unspecified atom stereocenters. The average molecular weight is 325 g/mol. The minimum atomic E-state index is -3.77. The zero-order valence-electron chi connectivity index (χ0n) is 8.69. The van der Waals surface area contributed by atoms with Crippen molar-refractivity contribution in [1.82, 2.24) is 0 Å². The number of sulfone groups is 1. The van der Waals surface area contributed by atoms with E-state index in [1.807, 2.05) is 0 Å². The summed E-state index contributed by atoms with van der Waals surface area (Å²) in [5.41, 5.74) is -0.299. The second kappa shape index (κ2) is 5.59. The molecule has 0 fully saturated rings. The lowest BCUT2D eigenvalue weighted by molar-refractivity contribution is 0.0692. The Morgan fingerprint density at radius 3 is 2.59 bits per heavy atom. The van der Waals surface area contributed by atoms with Crippen molar-refractivity contribution in [3.05, 3.63) is 28.2 Å². The highest BCUT2D eigenvalue weighted by Gasteiger charge is 2.22. The predicted octanol–water partition coefficient (Wildman–Crippen LogP) is 2.28. The number of carboxylic acids is 1. The first-order valence-corrected chi connectivity index (χ1v) is 7.14. The summed E-state index contributed by atoms with van der Waals surface area (Å²) in [6.07, 6.45) is -0.145. The molecule has 0 saturated carbocycles. The molecule has 4 nitrogen and oxygen atoms in total. The summed E-state index contributed by atoms with van der Waals surface area (Å²) in [5.74, 6) is -1.73. The summed E-state index contributed by atoms with van der Waals surface area (Å²) in [6, 6.07) is 3.86. The van der Waals surface area contributed by atoms with Crippen LogP contribution in [0.5, 0.6) is 0 Å². The molecule has 1 aromatic carbocycles. The predicted molar refractivity (Wildman–Crippen MR) is 63.7 cm³/mol. The molecule has 0 aromatic heterocycles. The second-order valence-corrected chi connectivity index (χ2v) is 6.30. The summed E-state index contributed by atoms with van der Waals surface area (Å²) in [5, 5.41) is 8.89. The Kier molecular flexibility index (Phi) is 4.64. The minimum absolute atomic E-state index is 0.145. The van der Waals surface area contributed by atoms with Crippen LogP contribution in [0.1, 0.15) is 16.8 Å². The Hall–Kier alpha value is -0.950. The van der Waals surface area contributed by atoms with Crippen LogP contribution < -0.4 is 0 Å². The van der Waals surface area contributed by atoms with Gasteiger partial charge in [-0.15, -0.1) is 0 Å². The van der Waals surface area contributed by atoms with Gasteiger partial charge in [0.1, 0.15) is 0 Å². The van der Waals surface area contributed by atoms with E-state index in [0.29, 0.717) is 4.47 Å². The third-order valence-corrected chi connectivity index (χ3v) is 4.38. The number of hydrogen-bond acceptors (Lipinski definition) is 3. The zero-order chi connectivity index (χ0) is 13.1. The van der Waals surface area contributed by atoms with Crippen LogP contribution in [0.15, 0.2) is 27.6 Å². The molecule has 0 atom stereocenters. The Bertz CT molecular complexity index is 527. The minimum Gasteiger partial charge on any atom is -0.478 e. The van der Waals surface area contributed by atoms with E-state index in [4.69, 9.17) is 5.11 Å². The highest BCUT2D eigenvalue weighted by atomic mass is 79.9. The normalized spacial score (nSPS) is 11.4. The third-order valence-electron chi connectivity index (χ3n) is 2.06. The van der Waals surface area contributed by atoms with E-state index in [1.54, 1.807) is 0 Å². The lowest BCUT2D eigenvalue weighted by Gasteiger charge is -2.07. The number of alkyl halides is 1. The lowest BCUT2D eigenvalue weighted by Crippen LogP contribution is -2.13. The molecule has 17 heavy (non-hydrogen) atoms. The third kappa shape index (κ3) is 3.50. The highest BCUT2D eigenvalue weighted by Crippen LogP contribution is 2.23. The van der Waals surface area contributed by atoms with E-state index in [-0.39, 0.29) is 16.9 Å². The number of benzene rings is 1. The van der Waals surface area contributed by atoms with Crippen LogP contribution in [0.2, 0.25) is 0 Å². The molecule has 0 bridgehead atoms. The first-order valence-electron chi connectivity index (χ1n) is 4.70. The molecule has 1 N–H and O–H groups in total. The van der Waals surface area contributed by atoms with Crippen LogP contribution in [-0.2, 0) is 9.84 Å². The van der Waals surface area contributed by atoms with Crippen molar-refractivity contribution in [3.8, 4) is 0 Å². The number of carbonyl (C=O) groups is 1. The lowest BCUT2D eigenvalue weighted by atomic mass is 10.2. The fourth-order valence-corrected chi connectivity index (χ4v) is 3.30. The molecule has 94 valence electrons. The molecule has 7 heteroatoms. The van der Waals surface area contributed by atoms with Crippen LogP contribution in [0.25, 0.3) is 0 Å². The fraction of sp³-hybridized carbons (Fsp3) is 0.300. The fourth-order valence-electron chi connectivity index (χ4n) is 1.28. The summed E-state index contributed by atoms with van der Waals surface area (Å²) in [4.78, 5) is 10.6. The molecule has 1 rings (SSSR count). The molecule has 0 heterocycles. The Balaban J connectivity index is 3.28. The van der Waals surface area contributed by atoms with Gasteiger partial charge < -0.3 is 5.11 Å². The molecule has 1 aromatic rings. The first-order chi connectivity index (χ1) is 7.88. The van der Waals surface area contributed by atoms with E-state index in [1.165, 1.54) is 18.2 Å². The monoisotopic (exact) mass is 324 g/mol. The van der Waals surface area contributed by atoms with Gasteiger partial charge in [-0.25, -0.2) is 13.2 Å². The number of hydrogen-bond donors (Lipinski definition) is 1. The van der Waals surface area contributed by atoms with Gasteiger partial charge in [-0.1, -0.05) is 15.9 Å². The smallest absolute Gasteiger partial charge is 0.337 e. The molecule has 0 saturated heterocycles. The SMILES string of the molecule is O=C(O)c1ccc(Br)cc1S(=O)(=O)CCCF. The maximum absolute atomic E-state index is 12.0. The average Bonchev–Trinajstić information content (AvgIpc) is 2.26. The summed E-state index contributed by atoms with van der Waals surface area (Å²) in [6.45, 7) is -0.754. The maximum atomic E-state index is 12.0. The van der Waals surface area contributed by atoms with Crippen molar-refractivity contribution >= 4 is 31.7 Å². The van der Waals surface area contributed by atoms with Crippen molar-refractivity contribution in [2.75, 3.05) is 12.4 Å². The van der Waals surface area contributed by atoms with Crippen molar-refractivity contribution in [1.29, 1.82) is 0 Å². The second-order valence-electron chi connectivity index (χ2n) is 3.31. The standard InChI is InChI=1S/C10H10BrFO4S/c11-7-2-3-8(10(13)14)9(6-7)17(15,16)5-1-4-12/h2-3,6H,1,4-5H2,(H,13,14). The summed E-state index contributed by atoms with van der Waals surface area (Å²) in [7, 11) is -3.77. The van der Waals surface area contributed by atoms with Crippen molar-refractivity contribution in [2.24, 2.45) is 0 Å². The van der Waals surface area contributed by atoms with E-state index in [0.717, 1.165) is 0 Å². The quantitative estimate of drug-likeness (QED) is 0.901. The van der Waals surface area contributed by atoms with Gasteiger partial charge in [0, 0.05) is 4.47 Å². The van der Waals surface area contributed by atoms with Crippen molar-refractivity contribution in [3.63, 3.8) is 0 Å². The molecule has 0 aliphatic rings. The zero-order valence-corrected chi connectivity index (χ0v) is 11.1. The number of aromatic carboxylic acids is 1. The van der Waals surface area contributed by atoms with Crippen LogP contribution in [0.3, 0.4) is 0 Å². The highest BCUT2D eigenvalue weighted by molar-refractivity contribution is 9.10. The number of halogens is 2. The van der Waals surface area contributed by atoms with Gasteiger partial charge in [0.2, 0.25) is 0 Å². The van der Waals surface area contributed by atoms with Crippen LogP contribution in [0, 0.1) is 0 Å². The summed E-state index contributed by atoms with van der Waals surface area (Å²) >= 11 is 3.07. The van der Waals surface area contributed by atoms with Gasteiger partial charge in [-0.3, -0.25) is 4.39 Å². The molecule has 0 radical (unpaired) electrons. The largest absolute Gasteiger partial charge is 0.478 e. The van der Waals surface area contributed by atoms with Gasteiger partial charge >= 0.3 is 5.97 Å². The molecular weight excluding hydrogens is 315 g/mol. The van der Waals surface area contributed by atoms with Crippen molar-refractivity contribution in [2.45, 2.75) is 11.3 Å². The molecular formula is C10H10BrFO4S. The van der Waals surface area contributed by atoms with E-state index >= 15 is 0 Å². The van der Waals surface area contributed by atoms with Crippen LogP contribution in [-0.4, -0.2) is 31.9 Å². The summed E-state index contributed by atoms with van der Waals surface area (Å²) < 4.78 is 36.1. The Morgan fingerprint density at radius 1 is 1.41 bits per heavy atom. The van der Waals surface area contributed by atoms with E-state index in [2.05, 4.69) is 15.9 Å². The van der Waals surface area contributed by atoms with Crippen LogP contribution >= 0.6 is 15.9 Å². The van der Waals surface area contributed by atoms with Gasteiger partial charge in [0.15, 0.2) is 9.84 Å². The molecule has 0 spiro atoms. The molecule has 0 aliphatic heterocycles. The Labute approximate surface area is 107 Å². The van der Waals surface area contributed by atoms with Gasteiger partial charge in [0.05, 0.1) is 22.9 Å². The topological polar surface area (TPSA) is 71.4 Å². The van der Waals surface area contributed by atoms with Gasteiger partial charge in [-0.05, 0) is 24.6 Å². The number of rotatable bonds is 5. The maximum Gasteiger partial charge on any atom is 0.337 e. The molecule has 0 amide bonds. The van der Waals surface area contributed by atoms with Crippen molar-refractivity contribution < 1.29 is 22.7 Å². The Morgan fingerprint density at radius 2 is 2.06 bits per heavy atom. The van der Waals surface area contributed by atoms with Gasteiger partial charge in [-0.2, -0.15) is 0 Å². The van der Waals surface area contributed by atoms with E-state index < -0.39 is 28.2 Å².